The Morgan fingerprint density at radius 2 is 1.88 bits per heavy atom. The molecule has 0 aliphatic rings. The van der Waals surface area contributed by atoms with Gasteiger partial charge in [-0.2, -0.15) is 0 Å². The van der Waals surface area contributed by atoms with E-state index in [9.17, 15) is 4.79 Å². The Morgan fingerprint density at radius 3 is 2.50 bits per heavy atom. The summed E-state index contributed by atoms with van der Waals surface area (Å²) in [6.07, 6.45) is 0.754. The molecule has 3 heteroatoms. The van der Waals surface area contributed by atoms with Crippen LogP contribution in [0.4, 0.5) is 0 Å². The lowest BCUT2D eigenvalue weighted by Crippen LogP contribution is -1.96. The van der Waals surface area contributed by atoms with Crippen LogP contribution in [0, 0.1) is 0 Å². The van der Waals surface area contributed by atoms with Crippen LogP contribution in [-0.2, 0) is 0 Å². The van der Waals surface area contributed by atoms with E-state index in [4.69, 9.17) is 9.47 Å². The smallest absolute Gasteiger partial charge is 0.157 e. The van der Waals surface area contributed by atoms with Crippen LogP contribution in [0.3, 0.4) is 0 Å². The zero-order chi connectivity index (χ0) is 11.5. The fourth-order valence-corrected chi connectivity index (χ4v) is 1.81. The summed E-state index contributed by atoms with van der Waals surface area (Å²) < 4.78 is 10.5. The van der Waals surface area contributed by atoms with Crippen molar-refractivity contribution < 1.29 is 14.3 Å². The third-order valence-electron chi connectivity index (χ3n) is 2.54. The van der Waals surface area contributed by atoms with Gasteiger partial charge in [-0.3, -0.25) is 4.79 Å². The molecular weight excluding hydrogens is 204 g/mol. The van der Waals surface area contributed by atoms with Crippen molar-refractivity contribution in [3.05, 3.63) is 35.9 Å². The molecule has 0 unspecified atom stereocenters. The lowest BCUT2D eigenvalue weighted by atomic mass is 10.0. The molecule has 0 saturated carbocycles. The van der Waals surface area contributed by atoms with Gasteiger partial charge in [-0.05, 0) is 11.5 Å². The van der Waals surface area contributed by atoms with Crippen molar-refractivity contribution in [2.24, 2.45) is 0 Å². The number of rotatable bonds is 3. The third-order valence-corrected chi connectivity index (χ3v) is 2.54. The summed E-state index contributed by atoms with van der Waals surface area (Å²) in [6.45, 7) is 0. The molecule has 0 radical (unpaired) electrons. The van der Waals surface area contributed by atoms with E-state index in [1.807, 2.05) is 30.3 Å². The van der Waals surface area contributed by atoms with E-state index in [0.717, 1.165) is 17.1 Å². The van der Waals surface area contributed by atoms with Gasteiger partial charge in [0.25, 0.3) is 0 Å². The minimum atomic E-state index is 0.448. The molecule has 0 aromatic heterocycles. The molecule has 16 heavy (non-hydrogen) atoms. The van der Waals surface area contributed by atoms with Gasteiger partial charge in [0.05, 0.1) is 19.8 Å². The maximum absolute atomic E-state index is 11.0. The number of benzene rings is 2. The molecule has 0 bridgehead atoms. The topological polar surface area (TPSA) is 35.5 Å². The van der Waals surface area contributed by atoms with Gasteiger partial charge in [-0.1, -0.05) is 24.3 Å². The molecule has 0 atom stereocenters. The highest BCUT2D eigenvalue weighted by molar-refractivity contribution is 5.99. The van der Waals surface area contributed by atoms with Crippen molar-refractivity contribution in [1.29, 1.82) is 0 Å². The van der Waals surface area contributed by atoms with Gasteiger partial charge in [0.1, 0.15) is 11.5 Å². The Balaban J connectivity index is 2.87. The Hall–Kier alpha value is -2.03. The number of fused-ring (bicyclic) bond motifs is 1. The first-order chi connectivity index (χ1) is 7.81. The monoisotopic (exact) mass is 216 g/mol. The zero-order valence-electron chi connectivity index (χ0n) is 9.19. The predicted octanol–water partition coefficient (Wildman–Crippen LogP) is 2.67. The molecule has 0 aliphatic carbocycles. The maximum Gasteiger partial charge on any atom is 0.157 e. The molecule has 2 aromatic rings. The van der Waals surface area contributed by atoms with Crippen molar-refractivity contribution in [3.8, 4) is 11.5 Å². The summed E-state index contributed by atoms with van der Waals surface area (Å²) in [4.78, 5) is 11.0. The third kappa shape index (κ3) is 1.50. The molecule has 2 rings (SSSR count). The fourth-order valence-electron chi connectivity index (χ4n) is 1.81. The summed E-state index contributed by atoms with van der Waals surface area (Å²) in [7, 11) is 3.09. The van der Waals surface area contributed by atoms with E-state index in [-0.39, 0.29) is 0 Å². The van der Waals surface area contributed by atoms with Crippen LogP contribution in [0.5, 0.6) is 11.5 Å². The minimum absolute atomic E-state index is 0.448. The number of hydrogen-bond acceptors (Lipinski definition) is 3. The SMILES string of the molecule is COc1cc2ccccc2c(OC)c1C=O. The van der Waals surface area contributed by atoms with E-state index in [2.05, 4.69) is 0 Å². The van der Waals surface area contributed by atoms with Gasteiger partial charge in [-0.25, -0.2) is 0 Å². The first-order valence-electron chi connectivity index (χ1n) is 4.90. The Kier molecular flexibility index (Phi) is 2.77. The number of methoxy groups -OCH3 is 2. The summed E-state index contributed by atoms with van der Waals surface area (Å²) in [5, 5.41) is 1.90. The van der Waals surface area contributed by atoms with Crippen LogP contribution in [0.2, 0.25) is 0 Å². The molecule has 0 saturated heterocycles. The van der Waals surface area contributed by atoms with Crippen LogP contribution >= 0.6 is 0 Å². The van der Waals surface area contributed by atoms with Crippen molar-refractivity contribution in [2.45, 2.75) is 0 Å². The molecule has 3 nitrogen and oxygen atoms in total. The van der Waals surface area contributed by atoms with Crippen molar-refractivity contribution >= 4 is 17.1 Å². The lowest BCUT2D eigenvalue weighted by Gasteiger charge is -2.12. The zero-order valence-corrected chi connectivity index (χ0v) is 9.19. The summed E-state index contributed by atoms with van der Waals surface area (Å²) in [6, 6.07) is 9.55. The van der Waals surface area contributed by atoms with Gasteiger partial charge in [0.15, 0.2) is 6.29 Å². The van der Waals surface area contributed by atoms with E-state index >= 15 is 0 Å². The lowest BCUT2D eigenvalue weighted by molar-refractivity contribution is 0.111. The minimum Gasteiger partial charge on any atom is -0.496 e. The van der Waals surface area contributed by atoms with Gasteiger partial charge >= 0.3 is 0 Å². The first-order valence-corrected chi connectivity index (χ1v) is 4.90. The summed E-state index contributed by atoms with van der Waals surface area (Å²) in [5.41, 5.74) is 0.448. The largest absolute Gasteiger partial charge is 0.496 e. The van der Waals surface area contributed by atoms with E-state index in [1.54, 1.807) is 7.11 Å². The molecule has 0 N–H and O–H groups in total. The van der Waals surface area contributed by atoms with Gasteiger partial charge in [-0.15, -0.1) is 0 Å². The second-order valence-electron chi connectivity index (χ2n) is 3.36. The average Bonchev–Trinajstić information content (AvgIpc) is 2.36. The van der Waals surface area contributed by atoms with Crippen molar-refractivity contribution in [2.75, 3.05) is 14.2 Å². The van der Waals surface area contributed by atoms with Crippen LogP contribution in [0.1, 0.15) is 10.4 Å². The standard InChI is InChI=1S/C13H12O3/c1-15-12-7-9-5-3-4-6-10(9)13(16-2)11(12)8-14/h3-8H,1-2H3. The highest BCUT2D eigenvalue weighted by atomic mass is 16.5. The molecule has 0 fully saturated rings. The van der Waals surface area contributed by atoms with Crippen LogP contribution in [-0.4, -0.2) is 20.5 Å². The molecule has 0 amide bonds. The van der Waals surface area contributed by atoms with Gasteiger partial charge in [0.2, 0.25) is 0 Å². The molecule has 0 aliphatic heterocycles. The Labute approximate surface area is 93.6 Å². The molecule has 0 spiro atoms. The van der Waals surface area contributed by atoms with Crippen molar-refractivity contribution in [1.82, 2.24) is 0 Å². The van der Waals surface area contributed by atoms with E-state index in [1.165, 1.54) is 7.11 Å². The number of aldehydes is 1. The molecular formula is C13H12O3. The second kappa shape index (κ2) is 4.23. The predicted molar refractivity (Wildman–Crippen MR) is 62.4 cm³/mol. The first kappa shape index (κ1) is 10.5. The summed E-state index contributed by atoms with van der Waals surface area (Å²) in [5.74, 6) is 1.09. The van der Waals surface area contributed by atoms with Crippen LogP contribution in [0.25, 0.3) is 10.8 Å². The number of hydrogen-bond donors (Lipinski definition) is 0. The molecule has 2 aromatic carbocycles. The quantitative estimate of drug-likeness (QED) is 0.740. The van der Waals surface area contributed by atoms with Crippen LogP contribution in [0.15, 0.2) is 30.3 Å². The van der Waals surface area contributed by atoms with Gasteiger partial charge in [0, 0.05) is 5.39 Å². The van der Waals surface area contributed by atoms with E-state index < -0.39 is 0 Å². The number of carbonyl (C=O) groups excluding carboxylic acids is 1. The number of ether oxygens (including phenoxy) is 2. The normalized spacial score (nSPS) is 10.1. The maximum atomic E-state index is 11.0. The molecule has 82 valence electrons. The van der Waals surface area contributed by atoms with Crippen LogP contribution < -0.4 is 9.47 Å². The Bertz CT molecular complexity index is 532. The average molecular weight is 216 g/mol. The van der Waals surface area contributed by atoms with Gasteiger partial charge < -0.3 is 9.47 Å². The Morgan fingerprint density at radius 1 is 1.12 bits per heavy atom. The summed E-state index contributed by atoms with van der Waals surface area (Å²) >= 11 is 0. The highest BCUT2D eigenvalue weighted by Crippen LogP contribution is 2.35. The fraction of sp³-hybridized carbons (Fsp3) is 0.154. The van der Waals surface area contributed by atoms with E-state index in [0.29, 0.717) is 17.1 Å². The van der Waals surface area contributed by atoms with Crippen molar-refractivity contribution in [3.63, 3.8) is 0 Å². The highest BCUT2D eigenvalue weighted by Gasteiger charge is 2.13. The second-order valence-corrected chi connectivity index (χ2v) is 3.36. The number of carbonyl (C=O) groups is 1. The molecule has 0 heterocycles.